The fraction of sp³-hybridized carbons (Fsp3) is 0.0833. The molecule has 0 aliphatic rings. The van der Waals surface area contributed by atoms with Gasteiger partial charge in [-0.25, -0.2) is 4.79 Å². The van der Waals surface area contributed by atoms with Crippen molar-refractivity contribution >= 4 is 17.8 Å². The molecule has 0 unspecified atom stereocenters. The van der Waals surface area contributed by atoms with Crippen LogP contribution in [0.1, 0.15) is 37.4 Å². The molecule has 0 saturated carbocycles. The molecule has 0 amide bonds. The summed E-state index contributed by atoms with van der Waals surface area (Å²) in [4.78, 5) is 24.4. The lowest BCUT2D eigenvalue weighted by atomic mass is 10.1. The Kier molecular flexibility index (Phi) is 5.62. The van der Waals surface area contributed by atoms with Crippen molar-refractivity contribution < 1.29 is 14.3 Å². The van der Waals surface area contributed by atoms with Gasteiger partial charge in [-0.05, 0) is 49.2 Å². The molecule has 3 aromatic rings. The molecule has 0 bridgehead atoms. The van der Waals surface area contributed by atoms with Crippen molar-refractivity contribution in [2.75, 3.05) is 0 Å². The van der Waals surface area contributed by atoms with Crippen LogP contribution in [0.5, 0.6) is 5.75 Å². The van der Waals surface area contributed by atoms with E-state index in [1.165, 1.54) is 0 Å². The number of ketones is 1. The van der Waals surface area contributed by atoms with Gasteiger partial charge >= 0.3 is 5.97 Å². The van der Waals surface area contributed by atoms with Gasteiger partial charge in [0.2, 0.25) is 0 Å². The molecule has 0 heterocycles. The molecule has 0 spiro atoms. The first-order valence-corrected chi connectivity index (χ1v) is 8.70. The molecule has 3 nitrogen and oxygen atoms in total. The molecular formula is C24H20O3. The number of esters is 1. The highest BCUT2D eigenvalue weighted by Gasteiger charge is 2.10. The van der Waals surface area contributed by atoms with Crippen molar-refractivity contribution in [2.24, 2.45) is 0 Å². The lowest BCUT2D eigenvalue weighted by Crippen LogP contribution is -2.09. The number of carbonyl (C=O) groups excluding carboxylic acids is 2. The van der Waals surface area contributed by atoms with Gasteiger partial charge in [-0.3, -0.25) is 4.79 Å². The number of aryl methyl sites for hydroxylation is 2. The summed E-state index contributed by atoms with van der Waals surface area (Å²) in [7, 11) is 0. The maximum absolute atomic E-state index is 12.2. The lowest BCUT2D eigenvalue weighted by Gasteiger charge is -2.06. The van der Waals surface area contributed by atoms with Gasteiger partial charge in [0, 0.05) is 5.56 Å². The first-order chi connectivity index (χ1) is 13.0. The third kappa shape index (κ3) is 4.79. The summed E-state index contributed by atoms with van der Waals surface area (Å²) in [6.07, 6.45) is 3.29. The molecule has 0 aliphatic carbocycles. The number of benzene rings is 3. The lowest BCUT2D eigenvalue weighted by molar-refractivity contribution is 0.0734. The largest absolute Gasteiger partial charge is 0.423 e. The Morgan fingerprint density at radius 1 is 0.815 bits per heavy atom. The number of carbonyl (C=O) groups is 2. The van der Waals surface area contributed by atoms with E-state index >= 15 is 0 Å². The van der Waals surface area contributed by atoms with E-state index in [1.807, 2.05) is 56.3 Å². The molecular weight excluding hydrogens is 336 g/mol. The Bertz CT molecular complexity index is 981. The van der Waals surface area contributed by atoms with Crippen LogP contribution in [-0.4, -0.2) is 11.8 Å². The van der Waals surface area contributed by atoms with E-state index in [2.05, 4.69) is 0 Å². The molecule has 0 aliphatic heterocycles. The third-order valence-electron chi connectivity index (χ3n) is 4.22. The molecule has 27 heavy (non-hydrogen) atoms. The first kappa shape index (κ1) is 18.3. The minimum Gasteiger partial charge on any atom is -0.423 e. The van der Waals surface area contributed by atoms with E-state index in [1.54, 1.807) is 42.5 Å². The van der Waals surface area contributed by atoms with Crippen LogP contribution in [0.25, 0.3) is 6.08 Å². The fourth-order valence-corrected chi connectivity index (χ4v) is 2.60. The summed E-state index contributed by atoms with van der Waals surface area (Å²) in [5, 5.41) is 0. The van der Waals surface area contributed by atoms with Crippen LogP contribution >= 0.6 is 0 Å². The van der Waals surface area contributed by atoms with Crippen molar-refractivity contribution in [3.8, 4) is 5.75 Å². The summed E-state index contributed by atoms with van der Waals surface area (Å²) >= 11 is 0. The average Bonchev–Trinajstić information content (AvgIpc) is 2.68. The molecule has 3 aromatic carbocycles. The second-order valence-electron chi connectivity index (χ2n) is 6.34. The van der Waals surface area contributed by atoms with E-state index in [0.717, 1.165) is 16.7 Å². The van der Waals surface area contributed by atoms with E-state index in [0.29, 0.717) is 16.9 Å². The molecule has 3 rings (SSSR count). The molecule has 0 radical (unpaired) electrons. The minimum atomic E-state index is -0.383. The van der Waals surface area contributed by atoms with Crippen molar-refractivity contribution in [1.29, 1.82) is 0 Å². The van der Waals surface area contributed by atoms with Gasteiger partial charge in [0.15, 0.2) is 5.78 Å². The zero-order valence-corrected chi connectivity index (χ0v) is 15.3. The number of rotatable bonds is 5. The minimum absolute atomic E-state index is 0.0509. The summed E-state index contributed by atoms with van der Waals surface area (Å²) in [6.45, 7) is 3.85. The Labute approximate surface area is 158 Å². The first-order valence-electron chi connectivity index (χ1n) is 8.70. The molecule has 0 saturated heterocycles. The number of allylic oxidation sites excluding steroid dienone is 1. The Morgan fingerprint density at radius 2 is 1.48 bits per heavy atom. The summed E-state index contributed by atoms with van der Waals surface area (Å²) in [6, 6.07) is 21.8. The highest BCUT2D eigenvalue weighted by atomic mass is 16.5. The Balaban J connectivity index is 1.65. The fourth-order valence-electron chi connectivity index (χ4n) is 2.60. The summed E-state index contributed by atoms with van der Waals surface area (Å²) < 4.78 is 5.41. The Morgan fingerprint density at radius 3 is 2.15 bits per heavy atom. The van der Waals surface area contributed by atoms with Gasteiger partial charge in [-0.1, -0.05) is 66.2 Å². The zero-order valence-electron chi connectivity index (χ0n) is 15.3. The molecule has 0 fully saturated rings. The third-order valence-corrected chi connectivity index (χ3v) is 4.22. The van der Waals surface area contributed by atoms with Crippen molar-refractivity contribution in [3.05, 3.63) is 107 Å². The maximum Gasteiger partial charge on any atom is 0.343 e. The number of hydrogen-bond acceptors (Lipinski definition) is 3. The van der Waals surface area contributed by atoms with Crippen LogP contribution in [0.4, 0.5) is 0 Å². The molecule has 134 valence electrons. The van der Waals surface area contributed by atoms with Gasteiger partial charge in [0.25, 0.3) is 0 Å². The topological polar surface area (TPSA) is 43.4 Å². The SMILES string of the molecule is Cc1ccc(C(=O)C=Cc2ccc(OC(=O)c3ccccc3C)cc2)cc1. The predicted octanol–water partition coefficient (Wildman–Crippen LogP) is 5.42. The highest BCUT2D eigenvalue weighted by molar-refractivity contribution is 6.06. The standard InChI is InChI=1S/C24H20O3/c1-17-7-12-20(13-8-17)23(25)16-11-19-9-14-21(15-10-19)27-24(26)22-6-4-3-5-18(22)2/h3-16H,1-2H3. The van der Waals surface area contributed by atoms with Gasteiger partial charge in [-0.2, -0.15) is 0 Å². The number of hydrogen-bond donors (Lipinski definition) is 0. The number of ether oxygens (including phenoxy) is 1. The van der Waals surface area contributed by atoms with E-state index in [9.17, 15) is 9.59 Å². The quantitative estimate of drug-likeness (QED) is 0.265. The van der Waals surface area contributed by atoms with Crippen LogP contribution in [0.15, 0.2) is 78.9 Å². The van der Waals surface area contributed by atoms with Gasteiger partial charge in [0.1, 0.15) is 5.75 Å². The molecule has 0 aromatic heterocycles. The van der Waals surface area contributed by atoms with Gasteiger partial charge in [0.05, 0.1) is 5.56 Å². The van der Waals surface area contributed by atoms with Crippen LogP contribution < -0.4 is 4.74 Å². The molecule has 0 N–H and O–H groups in total. The van der Waals surface area contributed by atoms with Gasteiger partial charge < -0.3 is 4.74 Å². The van der Waals surface area contributed by atoms with E-state index < -0.39 is 0 Å². The predicted molar refractivity (Wildman–Crippen MR) is 107 cm³/mol. The smallest absolute Gasteiger partial charge is 0.343 e. The normalized spacial score (nSPS) is 10.7. The average molecular weight is 356 g/mol. The zero-order chi connectivity index (χ0) is 19.2. The van der Waals surface area contributed by atoms with Gasteiger partial charge in [-0.15, -0.1) is 0 Å². The molecule has 3 heteroatoms. The molecule has 0 atom stereocenters. The van der Waals surface area contributed by atoms with E-state index in [4.69, 9.17) is 4.74 Å². The van der Waals surface area contributed by atoms with Crippen LogP contribution in [0.3, 0.4) is 0 Å². The monoisotopic (exact) mass is 356 g/mol. The second kappa shape index (κ2) is 8.28. The second-order valence-corrected chi connectivity index (χ2v) is 6.34. The summed E-state index contributed by atoms with van der Waals surface area (Å²) in [5.41, 5.74) is 4.04. The summed E-state index contributed by atoms with van der Waals surface area (Å²) in [5.74, 6) is 0.0289. The van der Waals surface area contributed by atoms with Crippen LogP contribution in [0, 0.1) is 13.8 Å². The van der Waals surface area contributed by atoms with Crippen molar-refractivity contribution in [1.82, 2.24) is 0 Å². The highest BCUT2D eigenvalue weighted by Crippen LogP contribution is 2.17. The van der Waals surface area contributed by atoms with Crippen LogP contribution in [0.2, 0.25) is 0 Å². The van der Waals surface area contributed by atoms with Crippen molar-refractivity contribution in [3.63, 3.8) is 0 Å². The Hall–Kier alpha value is -3.46. The maximum atomic E-state index is 12.2. The van der Waals surface area contributed by atoms with Crippen molar-refractivity contribution in [2.45, 2.75) is 13.8 Å². The van der Waals surface area contributed by atoms with E-state index in [-0.39, 0.29) is 11.8 Å². The van der Waals surface area contributed by atoms with Crippen LogP contribution in [-0.2, 0) is 0 Å².